The van der Waals surface area contributed by atoms with Crippen molar-refractivity contribution in [3.8, 4) is 0 Å². The van der Waals surface area contributed by atoms with Gasteiger partial charge in [0.1, 0.15) is 0 Å². The van der Waals surface area contributed by atoms with Gasteiger partial charge in [0.25, 0.3) is 0 Å². The molecule has 0 atom stereocenters. The van der Waals surface area contributed by atoms with E-state index in [1.807, 2.05) is 6.92 Å². The van der Waals surface area contributed by atoms with E-state index in [9.17, 15) is 8.42 Å². The highest BCUT2D eigenvalue weighted by molar-refractivity contribution is 9.10. The second-order valence-corrected chi connectivity index (χ2v) is 6.90. The minimum Gasteiger partial charge on any atom is -0.380 e. The van der Waals surface area contributed by atoms with E-state index in [-0.39, 0.29) is 4.90 Å². The molecule has 0 radical (unpaired) electrons. The Morgan fingerprint density at radius 1 is 1.32 bits per heavy atom. The van der Waals surface area contributed by atoms with E-state index < -0.39 is 10.0 Å². The highest BCUT2D eigenvalue weighted by Gasteiger charge is 2.13. The third-order valence-electron chi connectivity index (χ3n) is 2.62. The molecule has 0 spiro atoms. The molecule has 108 valence electrons. The van der Waals surface area contributed by atoms with Crippen LogP contribution in [-0.2, 0) is 14.8 Å². The van der Waals surface area contributed by atoms with Gasteiger partial charge in [0.2, 0.25) is 10.0 Å². The first-order chi connectivity index (χ1) is 8.97. The number of hydrogen-bond acceptors (Lipinski definition) is 3. The first-order valence-corrected chi connectivity index (χ1v) is 8.58. The molecule has 6 heteroatoms. The average Bonchev–Trinajstić information content (AvgIpc) is 2.36. The summed E-state index contributed by atoms with van der Waals surface area (Å²) >= 11 is 3.35. The quantitative estimate of drug-likeness (QED) is 0.734. The zero-order chi connectivity index (χ0) is 14.3. The molecule has 0 saturated carbocycles. The Labute approximate surface area is 123 Å². The lowest BCUT2D eigenvalue weighted by Crippen LogP contribution is -2.27. The van der Waals surface area contributed by atoms with Crippen molar-refractivity contribution in [3.05, 3.63) is 28.2 Å². The van der Waals surface area contributed by atoms with Gasteiger partial charge in [0, 0.05) is 17.6 Å². The fourth-order valence-electron chi connectivity index (χ4n) is 1.46. The van der Waals surface area contributed by atoms with E-state index in [0.29, 0.717) is 19.8 Å². The number of hydrogen-bond donors (Lipinski definition) is 1. The summed E-state index contributed by atoms with van der Waals surface area (Å²) in [5, 5.41) is 0. The summed E-state index contributed by atoms with van der Waals surface area (Å²) < 4.78 is 32.7. The van der Waals surface area contributed by atoms with Crippen LogP contribution in [0.1, 0.15) is 25.3 Å². The summed E-state index contributed by atoms with van der Waals surface area (Å²) in [6.45, 7) is 5.31. The molecule has 0 aliphatic rings. The minimum absolute atomic E-state index is 0.279. The van der Waals surface area contributed by atoms with Gasteiger partial charge in [-0.1, -0.05) is 29.3 Å². The fourth-order valence-corrected chi connectivity index (χ4v) is 2.81. The number of unbranched alkanes of at least 4 members (excludes halogenated alkanes) is 1. The maximum absolute atomic E-state index is 12.0. The molecule has 0 heterocycles. The molecule has 4 nitrogen and oxygen atoms in total. The molecule has 0 unspecified atom stereocenters. The Kier molecular flexibility index (Phi) is 6.99. The van der Waals surface area contributed by atoms with Crippen molar-refractivity contribution in [2.75, 3.05) is 19.8 Å². The lowest BCUT2D eigenvalue weighted by Gasteiger charge is -2.08. The van der Waals surface area contributed by atoms with Crippen LogP contribution in [0.25, 0.3) is 0 Å². The molecule has 1 aromatic carbocycles. The zero-order valence-corrected chi connectivity index (χ0v) is 13.7. The maximum Gasteiger partial charge on any atom is 0.240 e. The van der Waals surface area contributed by atoms with Crippen molar-refractivity contribution in [2.24, 2.45) is 0 Å². The molecule has 0 aliphatic heterocycles. The Morgan fingerprint density at radius 3 is 2.68 bits per heavy atom. The van der Waals surface area contributed by atoms with Crippen molar-refractivity contribution in [3.63, 3.8) is 0 Å². The topological polar surface area (TPSA) is 55.4 Å². The molecule has 1 aromatic rings. The Bertz CT molecular complexity index is 503. The van der Waals surface area contributed by atoms with Crippen LogP contribution in [0.5, 0.6) is 0 Å². The molecule has 0 bridgehead atoms. The van der Waals surface area contributed by atoms with E-state index in [2.05, 4.69) is 27.6 Å². The van der Waals surface area contributed by atoms with Crippen molar-refractivity contribution < 1.29 is 13.2 Å². The van der Waals surface area contributed by atoms with Gasteiger partial charge in [-0.15, -0.1) is 0 Å². The lowest BCUT2D eigenvalue weighted by atomic mass is 10.2. The highest BCUT2D eigenvalue weighted by atomic mass is 79.9. The molecular formula is C13H20BrNO3S. The third-order valence-corrected chi connectivity index (χ3v) is 4.97. The predicted molar refractivity (Wildman–Crippen MR) is 79.8 cm³/mol. The van der Waals surface area contributed by atoms with E-state index in [1.54, 1.807) is 18.2 Å². The second-order valence-electron chi connectivity index (χ2n) is 4.27. The van der Waals surface area contributed by atoms with Crippen molar-refractivity contribution in [1.82, 2.24) is 4.72 Å². The first kappa shape index (κ1) is 16.6. The Balaban J connectivity index is 2.49. The number of rotatable bonds is 8. The first-order valence-electron chi connectivity index (χ1n) is 6.31. The van der Waals surface area contributed by atoms with Gasteiger partial charge >= 0.3 is 0 Å². The van der Waals surface area contributed by atoms with Crippen LogP contribution >= 0.6 is 15.9 Å². The van der Waals surface area contributed by atoms with E-state index in [0.717, 1.165) is 22.9 Å². The Hall–Kier alpha value is -0.430. The molecule has 1 N–H and O–H groups in total. The van der Waals surface area contributed by atoms with Crippen LogP contribution in [0.2, 0.25) is 0 Å². The monoisotopic (exact) mass is 349 g/mol. The number of ether oxygens (including phenoxy) is 1. The SMILES string of the molecule is CCCCOCCNS(=O)(=O)c1ccc(Br)c(C)c1. The fraction of sp³-hybridized carbons (Fsp3) is 0.538. The average molecular weight is 350 g/mol. The van der Waals surface area contributed by atoms with Crippen molar-refractivity contribution in [2.45, 2.75) is 31.6 Å². The van der Waals surface area contributed by atoms with Gasteiger partial charge in [0.05, 0.1) is 11.5 Å². The van der Waals surface area contributed by atoms with Gasteiger partial charge in [-0.2, -0.15) is 0 Å². The van der Waals surface area contributed by atoms with Crippen molar-refractivity contribution >= 4 is 26.0 Å². The highest BCUT2D eigenvalue weighted by Crippen LogP contribution is 2.19. The smallest absolute Gasteiger partial charge is 0.240 e. The van der Waals surface area contributed by atoms with Gasteiger partial charge < -0.3 is 4.74 Å². The van der Waals surface area contributed by atoms with E-state index >= 15 is 0 Å². The summed E-state index contributed by atoms with van der Waals surface area (Å²) in [6, 6.07) is 4.96. The summed E-state index contributed by atoms with van der Waals surface area (Å²) in [5.41, 5.74) is 0.891. The molecule has 0 aromatic heterocycles. The van der Waals surface area contributed by atoms with E-state index in [1.165, 1.54) is 0 Å². The molecule has 0 saturated heterocycles. The lowest BCUT2D eigenvalue weighted by molar-refractivity contribution is 0.136. The number of sulfonamides is 1. The van der Waals surface area contributed by atoms with Crippen LogP contribution in [0.15, 0.2) is 27.6 Å². The van der Waals surface area contributed by atoms with Crippen LogP contribution in [0.4, 0.5) is 0 Å². The molecular weight excluding hydrogens is 330 g/mol. The van der Waals surface area contributed by atoms with Gasteiger partial charge in [-0.3, -0.25) is 0 Å². The maximum atomic E-state index is 12.0. The van der Waals surface area contributed by atoms with Crippen LogP contribution < -0.4 is 4.72 Å². The summed E-state index contributed by atoms with van der Waals surface area (Å²) in [6.07, 6.45) is 2.07. The van der Waals surface area contributed by atoms with Crippen molar-refractivity contribution in [1.29, 1.82) is 0 Å². The van der Waals surface area contributed by atoms with Crippen LogP contribution in [0, 0.1) is 6.92 Å². The Morgan fingerprint density at radius 2 is 2.05 bits per heavy atom. The molecule has 0 amide bonds. The second kappa shape index (κ2) is 7.99. The zero-order valence-electron chi connectivity index (χ0n) is 11.3. The molecule has 1 rings (SSSR count). The number of nitrogens with one attached hydrogen (secondary N) is 1. The summed E-state index contributed by atoms with van der Waals surface area (Å²) in [7, 11) is -3.44. The van der Waals surface area contributed by atoms with Gasteiger partial charge in [-0.05, 0) is 37.1 Å². The van der Waals surface area contributed by atoms with E-state index in [4.69, 9.17) is 4.74 Å². The molecule has 19 heavy (non-hydrogen) atoms. The normalized spacial score (nSPS) is 11.7. The summed E-state index contributed by atoms with van der Waals surface area (Å²) in [5.74, 6) is 0. The number of benzene rings is 1. The summed E-state index contributed by atoms with van der Waals surface area (Å²) in [4.78, 5) is 0.279. The largest absolute Gasteiger partial charge is 0.380 e. The van der Waals surface area contributed by atoms with Crippen LogP contribution in [0.3, 0.4) is 0 Å². The van der Waals surface area contributed by atoms with Crippen LogP contribution in [-0.4, -0.2) is 28.2 Å². The molecule has 0 fully saturated rings. The minimum atomic E-state index is -3.44. The molecule has 0 aliphatic carbocycles. The standard InChI is InChI=1S/C13H20BrNO3S/c1-3-4-8-18-9-7-15-19(16,17)12-5-6-13(14)11(2)10-12/h5-6,10,15H,3-4,7-9H2,1-2H3. The number of aryl methyl sites for hydroxylation is 1. The van der Waals surface area contributed by atoms with Gasteiger partial charge in [0.15, 0.2) is 0 Å². The predicted octanol–water partition coefficient (Wildman–Crippen LogP) is 2.85. The van der Waals surface area contributed by atoms with Gasteiger partial charge in [-0.25, -0.2) is 13.1 Å². The number of halogens is 1. The third kappa shape index (κ3) is 5.60.